The zero-order chi connectivity index (χ0) is 19.8. The average molecular weight is 389 g/mol. The van der Waals surface area contributed by atoms with Gasteiger partial charge in [0, 0.05) is 16.3 Å². The molecule has 27 heavy (non-hydrogen) atoms. The number of anilines is 2. The summed E-state index contributed by atoms with van der Waals surface area (Å²) < 4.78 is 5.05. The molecule has 0 fully saturated rings. The molecule has 1 heterocycles. The Hall–Kier alpha value is -2.87. The molecule has 3 amide bonds. The predicted molar refractivity (Wildman–Crippen MR) is 106 cm³/mol. The molecule has 0 aliphatic carbocycles. The molecule has 0 aliphatic heterocycles. The van der Waals surface area contributed by atoms with Gasteiger partial charge in [0.2, 0.25) is 5.91 Å². The van der Waals surface area contributed by atoms with Crippen molar-refractivity contribution >= 4 is 40.6 Å². The third-order valence-corrected chi connectivity index (χ3v) is 4.31. The highest BCUT2D eigenvalue weighted by Crippen LogP contribution is 2.16. The number of benzene rings is 1. The molecule has 0 bridgehead atoms. The summed E-state index contributed by atoms with van der Waals surface area (Å²) in [6.07, 6.45) is -0.550. The first-order chi connectivity index (χ1) is 12.8. The van der Waals surface area contributed by atoms with Gasteiger partial charge in [-0.15, -0.1) is 11.3 Å². The Morgan fingerprint density at radius 1 is 1.07 bits per heavy atom. The number of ether oxygens (including phenoxy) is 1. The molecule has 0 saturated carbocycles. The van der Waals surface area contributed by atoms with Gasteiger partial charge in [0.05, 0.1) is 18.0 Å². The fourth-order valence-corrected chi connectivity index (χ4v) is 2.86. The van der Waals surface area contributed by atoms with Crippen molar-refractivity contribution in [1.82, 2.24) is 5.32 Å². The van der Waals surface area contributed by atoms with E-state index in [1.54, 1.807) is 30.3 Å². The molecule has 1 aromatic carbocycles. The summed E-state index contributed by atoms with van der Waals surface area (Å²) in [6.45, 7) is 5.98. The molecule has 0 aliphatic rings. The van der Waals surface area contributed by atoms with Gasteiger partial charge in [0.15, 0.2) is 0 Å². The number of thiophene rings is 1. The highest BCUT2D eigenvalue weighted by atomic mass is 32.1. The van der Waals surface area contributed by atoms with Gasteiger partial charge in [-0.05, 0) is 43.2 Å². The summed E-state index contributed by atoms with van der Waals surface area (Å²) >= 11 is 1.37. The second kappa shape index (κ2) is 9.72. The first kappa shape index (κ1) is 20.4. The van der Waals surface area contributed by atoms with Gasteiger partial charge in [-0.25, -0.2) is 4.79 Å². The minimum absolute atomic E-state index is 0.149. The summed E-state index contributed by atoms with van der Waals surface area (Å²) in [7, 11) is 0. The number of carbonyl (C=O) groups excluding carboxylic acids is 3. The molecule has 0 unspecified atom stereocenters. The van der Waals surface area contributed by atoms with Crippen LogP contribution in [0.15, 0.2) is 36.4 Å². The monoisotopic (exact) mass is 389 g/mol. The standard InChI is InChI=1S/C19H23N3O4S/c1-12(2)11-26-19(25)22-15-6-4-5-14(9-15)21-17(23)10-20-18(24)16-8-7-13(3)27-16/h4-9,12H,10-11H2,1-3H3,(H,20,24)(H,21,23)(H,22,25). The molecular formula is C19H23N3O4S. The fraction of sp³-hybridized carbons (Fsp3) is 0.316. The van der Waals surface area contributed by atoms with Gasteiger partial charge in [-0.2, -0.15) is 0 Å². The van der Waals surface area contributed by atoms with Crippen LogP contribution in [0.4, 0.5) is 16.2 Å². The molecule has 144 valence electrons. The van der Waals surface area contributed by atoms with Crippen molar-refractivity contribution in [2.24, 2.45) is 5.92 Å². The summed E-state index contributed by atoms with van der Waals surface area (Å²) in [5, 5.41) is 7.86. The van der Waals surface area contributed by atoms with Gasteiger partial charge in [-0.1, -0.05) is 19.9 Å². The van der Waals surface area contributed by atoms with Crippen LogP contribution in [0.5, 0.6) is 0 Å². The number of hydrogen-bond donors (Lipinski definition) is 3. The van der Waals surface area contributed by atoms with E-state index in [0.29, 0.717) is 22.9 Å². The molecule has 2 rings (SSSR count). The first-order valence-corrected chi connectivity index (χ1v) is 9.33. The van der Waals surface area contributed by atoms with Crippen molar-refractivity contribution in [3.63, 3.8) is 0 Å². The van der Waals surface area contributed by atoms with Crippen LogP contribution in [-0.2, 0) is 9.53 Å². The summed E-state index contributed by atoms with van der Waals surface area (Å²) in [5.41, 5.74) is 1.00. The van der Waals surface area contributed by atoms with Crippen molar-refractivity contribution in [3.05, 3.63) is 46.2 Å². The summed E-state index contributed by atoms with van der Waals surface area (Å²) in [4.78, 5) is 37.3. The fourth-order valence-electron chi connectivity index (χ4n) is 2.08. The van der Waals surface area contributed by atoms with Crippen molar-refractivity contribution < 1.29 is 19.1 Å². The Bertz CT molecular complexity index is 817. The minimum Gasteiger partial charge on any atom is -0.449 e. The molecule has 3 N–H and O–H groups in total. The minimum atomic E-state index is -0.550. The lowest BCUT2D eigenvalue weighted by Gasteiger charge is -2.10. The van der Waals surface area contributed by atoms with Crippen LogP contribution in [-0.4, -0.2) is 31.1 Å². The van der Waals surface area contributed by atoms with Crippen LogP contribution >= 0.6 is 11.3 Å². The van der Waals surface area contributed by atoms with E-state index in [4.69, 9.17) is 4.74 Å². The largest absolute Gasteiger partial charge is 0.449 e. The van der Waals surface area contributed by atoms with E-state index in [0.717, 1.165) is 4.88 Å². The van der Waals surface area contributed by atoms with Crippen LogP contribution in [0.25, 0.3) is 0 Å². The predicted octanol–water partition coefficient (Wildman–Crippen LogP) is 3.63. The van der Waals surface area contributed by atoms with Crippen molar-refractivity contribution in [2.45, 2.75) is 20.8 Å². The van der Waals surface area contributed by atoms with E-state index in [1.165, 1.54) is 11.3 Å². The maximum absolute atomic E-state index is 12.0. The Labute approximate surface area is 162 Å². The number of hydrogen-bond acceptors (Lipinski definition) is 5. The van der Waals surface area contributed by atoms with Gasteiger partial charge < -0.3 is 15.4 Å². The Morgan fingerprint density at radius 3 is 2.41 bits per heavy atom. The highest BCUT2D eigenvalue weighted by molar-refractivity contribution is 7.13. The van der Waals surface area contributed by atoms with E-state index in [9.17, 15) is 14.4 Å². The number of rotatable bonds is 7. The van der Waals surface area contributed by atoms with Gasteiger partial charge in [0.1, 0.15) is 0 Å². The van der Waals surface area contributed by atoms with Gasteiger partial charge in [0.25, 0.3) is 5.91 Å². The lowest BCUT2D eigenvalue weighted by Crippen LogP contribution is -2.32. The number of aryl methyl sites for hydroxylation is 1. The maximum atomic E-state index is 12.0. The Morgan fingerprint density at radius 2 is 1.78 bits per heavy atom. The summed E-state index contributed by atoms with van der Waals surface area (Å²) in [5.74, 6) is -0.405. The highest BCUT2D eigenvalue weighted by Gasteiger charge is 2.11. The van der Waals surface area contributed by atoms with Crippen LogP contribution in [0.3, 0.4) is 0 Å². The van der Waals surface area contributed by atoms with Crippen LogP contribution in [0.2, 0.25) is 0 Å². The molecular weight excluding hydrogens is 366 g/mol. The molecule has 1 aromatic heterocycles. The first-order valence-electron chi connectivity index (χ1n) is 8.52. The lowest BCUT2D eigenvalue weighted by molar-refractivity contribution is -0.115. The second-order valence-corrected chi connectivity index (χ2v) is 7.63. The molecule has 0 atom stereocenters. The number of carbonyl (C=O) groups is 3. The van der Waals surface area contributed by atoms with Gasteiger partial charge in [-0.3, -0.25) is 14.9 Å². The van der Waals surface area contributed by atoms with Crippen LogP contribution in [0, 0.1) is 12.8 Å². The molecule has 8 heteroatoms. The van der Waals surface area contributed by atoms with E-state index in [2.05, 4.69) is 16.0 Å². The third-order valence-electron chi connectivity index (χ3n) is 3.31. The molecule has 0 saturated heterocycles. The lowest BCUT2D eigenvalue weighted by atomic mass is 10.2. The summed E-state index contributed by atoms with van der Waals surface area (Å²) in [6, 6.07) is 10.3. The van der Waals surface area contributed by atoms with Crippen LogP contribution < -0.4 is 16.0 Å². The van der Waals surface area contributed by atoms with E-state index in [1.807, 2.05) is 26.8 Å². The van der Waals surface area contributed by atoms with Crippen molar-refractivity contribution in [2.75, 3.05) is 23.8 Å². The van der Waals surface area contributed by atoms with Gasteiger partial charge >= 0.3 is 6.09 Å². The SMILES string of the molecule is Cc1ccc(C(=O)NCC(=O)Nc2cccc(NC(=O)OCC(C)C)c2)s1. The third kappa shape index (κ3) is 7.10. The normalized spacial score (nSPS) is 10.4. The zero-order valence-corrected chi connectivity index (χ0v) is 16.3. The van der Waals surface area contributed by atoms with E-state index in [-0.39, 0.29) is 24.3 Å². The quantitative estimate of drug-likeness (QED) is 0.674. The number of amides is 3. The molecule has 2 aromatic rings. The average Bonchev–Trinajstić information content (AvgIpc) is 3.05. The Balaban J connectivity index is 1.83. The van der Waals surface area contributed by atoms with E-state index >= 15 is 0 Å². The molecule has 0 spiro atoms. The zero-order valence-electron chi connectivity index (χ0n) is 15.5. The Kier molecular flexibility index (Phi) is 7.36. The topological polar surface area (TPSA) is 96.5 Å². The number of nitrogens with one attached hydrogen (secondary N) is 3. The smallest absolute Gasteiger partial charge is 0.411 e. The second-order valence-electron chi connectivity index (χ2n) is 6.34. The van der Waals surface area contributed by atoms with Crippen molar-refractivity contribution in [1.29, 1.82) is 0 Å². The molecule has 7 nitrogen and oxygen atoms in total. The van der Waals surface area contributed by atoms with Crippen molar-refractivity contribution in [3.8, 4) is 0 Å². The van der Waals surface area contributed by atoms with Crippen LogP contribution in [0.1, 0.15) is 28.4 Å². The maximum Gasteiger partial charge on any atom is 0.411 e. The van der Waals surface area contributed by atoms with E-state index < -0.39 is 6.09 Å². The molecule has 0 radical (unpaired) electrons.